The van der Waals surface area contributed by atoms with Crippen LogP contribution in [0.1, 0.15) is 58.7 Å². The van der Waals surface area contributed by atoms with Gasteiger partial charge in [-0.3, -0.25) is 0 Å². The second kappa shape index (κ2) is 3.59. The minimum Gasteiger partial charge on any atom is -0.329 e. The zero-order valence-corrected chi connectivity index (χ0v) is 10.8. The van der Waals surface area contributed by atoms with Crippen molar-refractivity contribution in [2.45, 2.75) is 58.5 Å². The van der Waals surface area contributed by atoms with Crippen molar-refractivity contribution in [2.75, 3.05) is 0 Å². The van der Waals surface area contributed by atoms with Gasteiger partial charge in [-0.05, 0) is 32.1 Å². The van der Waals surface area contributed by atoms with Crippen molar-refractivity contribution in [3.05, 3.63) is 18.2 Å². The van der Waals surface area contributed by atoms with Crippen LogP contribution in [0.25, 0.3) is 0 Å². The lowest BCUT2D eigenvalue weighted by Gasteiger charge is -2.32. The minimum atomic E-state index is -0.310. The molecule has 0 bridgehead atoms. The lowest BCUT2D eigenvalue weighted by Crippen LogP contribution is -2.34. The number of rotatable bonds is 2. The summed E-state index contributed by atoms with van der Waals surface area (Å²) in [6.45, 7) is 8.78. The third kappa shape index (κ3) is 1.88. The molecule has 2 N–H and O–H groups in total. The molecule has 0 spiro atoms. The van der Waals surface area contributed by atoms with E-state index in [1.165, 1.54) is 19.3 Å². The van der Waals surface area contributed by atoms with E-state index in [0.717, 1.165) is 5.69 Å². The first-order valence-corrected chi connectivity index (χ1v) is 6.13. The molecule has 1 fully saturated rings. The molecule has 1 saturated carbocycles. The molecule has 0 aromatic carbocycles. The van der Waals surface area contributed by atoms with Gasteiger partial charge in [0.1, 0.15) is 0 Å². The standard InChI is InChI=1S/C13H23N3/c1-12(2)7-5-6-10(12)16-9-15-8-11(16)13(3,4)14/h8-10H,5-7,14H2,1-4H3. The molecule has 2 rings (SSSR count). The van der Waals surface area contributed by atoms with Gasteiger partial charge < -0.3 is 10.3 Å². The zero-order valence-electron chi connectivity index (χ0n) is 10.8. The van der Waals surface area contributed by atoms with Gasteiger partial charge >= 0.3 is 0 Å². The quantitative estimate of drug-likeness (QED) is 0.834. The van der Waals surface area contributed by atoms with E-state index in [9.17, 15) is 0 Å². The van der Waals surface area contributed by atoms with Crippen LogP contribution in [0.3, 0.4) is 0 Å². The maximum absolute atomic E-state index is 6.20. The summed E-state index contributed by atoms with van der Waals surface area (Å²) in [6.07, 6.45) is 7.70. The first-order valence-electron chi connectivity index (χ1n) is 6.13. The predicted octanol–water partition coefficient (Wildman–Crippen LogP) is 2.83. The highest BCUT2D eigenvalue weighted by Gasteiger charge is 2.37. The van der Waals surface area contributed by atoms with Gasteiger partial charge in [0.2, 0.25) is 0 Å². The molecule has 3 heteroatoms. The van der Waals surface area contributed by atoms with Gasteiger partial charge in [0, 0.05) is 12.2 Å². The van der Waals surface area contributed by atoms with Crippen molar-refractivity contribution < 1.29 is 0 Å². The van der Waals surface area contributed by atoms with Gasteiger partial charge in [-0.1, -0.05) is 20.3 Å². The van der Waals surface area contributed by atoms with Crippen LogP contribution in [0.4, 0.5) is 0 Å². The topological polar surface area (TPSA) is 43.8 Å². The second-order valence-corrected chi connectivity index (χ2v) is 6.30. The molecule has 1 heterocycles. The van der Waals surface area contributed by atoms with Crippen LogP contribution in [0.5, 0.6) is 0 Å². The molecule has 16 heavy (non-hydrogen) atoms. The summed E-state index contributed by atoms with van der Waals surface area (Å²) in [5.41, 5.74) is 7.39. The van der Waals surface area contributed by atoms with Crippen molar-refractivity contribution in [1.29, 1.82) is 0 Å². The fourth-order valence-corrected chi connectivity index (χ4v) is 2.88. The SMILES string of the molecule is CC(C)(N)c1cncn1C1CCCC1(C)C. The third-order valence-corrected chi connectivity index (χ3v) is 3.86. The molecule has 1 aliphatic rings. The molecule has 1 atom stereocenters. The molecule has 1 aromatic rings. The summed E-state index contributed by atoms with van der Waals surface area (Å²) in [5, 5.41) is 0. The Morgan fingerprint density at radius 3 is 2.69 bits per heavy atom. The fourth-order valence-electron chi connectivity index (χ4n) is 2.88. The zero-order chi connectivity index (χ0) is 12.0. The van der Waals surface area contributed by atoms with Crippen LogP contribution in [0.2, 0.25) is 0 Å². The Kier molecular flexibility index (Phi) is 2.61. The maximum atomic E-state index is 6.20. The van der Waals surface area contributed by atoms with Gasteiger partial charge in [0.25, 0.3) is 0 Å². The maximum Gasteiger partial charge on any atom is 0.0951 e. The summed E-state index contributed by atoms with van der Waals surface area (Å²) < 4.78 is 2.30. The van der Waals surface area contributed by atoms with Gasteiger partial charge in [-0.25, -0.2) is 4.98 Å². The van der Waals surface area contributed by atoms with Crippen molar-refractivity contribution in [3.8, 4) is 0 Å². The van der Waals surface area contributed by atoms with E-state index in [1.807, 2.05) is 26.4 Å². The molecule has 90 valence electrons. The van der Waals surface area contributed by atoms with E-state index in [0.29, 0.717) is 11.5 Å². The molecule has 0 radical (unpaired) electrons. The van der Waals surface area contributed by atoms with Crippen molar-refractivity contribution >= 4 is 0 Å². The highest BCUT2D eigenvalue weighted by Crippen LogP contribution is 2.46. The number of nitrogens with two attached hydrogens (primary N) is 1. The first kappa shape index (κ1) is 11.6. The highest BCUT2D eigenvalue weighted by molar-refractivity contribution is 5.12. The normalized spacial score (nSPS) is 24.9. The first-order chi connectivity index (χ1) is 7.32. The van der Waals surface area contributed by atoms with Gasteiger partial charge in [0.15, 0.2) is 0 Å². The molecule has 1 unspecified atom stereocenters. The molecule has 1 aromatic heterocycles. The minimum absolute atomic E-state index is 0.310. The van der Waals surface area contributed by atoms with Gasteiger partial charge in [-0.15, -0.1) is 0 Å². The number of nitrogens with zero attached hydrogens (tertiary/aromatic N) is 2. The Bertz CT molecular complexity index is 371. The third-order valence-electron chi connectivity index (χ3n) is 3.86. The highest BCUT2D eigenvalue weighted by atomic mass is 15.1. The average molecular weight is 221 g/mol. The Morgan fingerprint density at radius 2 is 2.19 bits per heavy atom. The van der Waals surface area contributed by atoms with E-state index in [4.69, 9.17) is 5.73 Å². The van der Waals surface area contributed by atoms with Crippen LogP contribution < -0.4 is 5.73 Å². The van der Waals surface area contributed by atoms with E-state index < -0.39 is 0 Å². The molecular formula is C13H23N3. The van der Waals surface area contributed by atoms with Crippen molar-refractivity contribution in [3.63, 3.8) is 0 Å². The van der Waals surface area contributed by atoms with E-state index >= 15 is 0 Å². The molecule has 0 aliphatic heterocycles. The Hall–Kier alpha value is -0.830. The van der Waals surface area contributed by atoms with Gasteiger partial charge in [-0.2, -0.15) is 0 Å². The van der Waals surface area contributed by atoms with Crippen LogP contribution in [0.15, 0.2) is 12.5 Å². The summed E-state index contributed by atoms with van der Waals surface area (Å²) in [4.78, 5) is 4.28. The lowest BCUT2D eigenvalue weighted by molar-refractivity contribution is 0.249. The van der Waals surface area contributed by atoms with Crippen LogP contribution in [0, 0.1) is 5.41 Å². The predicted molar refractivity (Wildman–Crippen MR) is 66.1 cm³/mol. The smallest absolute Gasteiger partial charge is 0.0951 e. The summed E-state index contributed by atoms with van der Waals surface area (Å²) in [5.74, 6) is 0. The van der Waals surface area contributed by atoms with Crippen LogP contribution in [-0.2, 0) is 5.54 Å². The van der Waals surface area contributed by atoms with Crippen LogP contribution in [-0.4, -0.2) is 9.55 Å². The summed E-state index contributed by atoms with van der Waals surface area (Å²) in [6, 6.07) is 0.549. The van der Waals surface area contributed by atoms with E-state index in [1.54, 1.807) is 0 Å². The van der Waals surface area contributed by atoms with Crippen LogP contribution >= 0.6 is 0 Å². The summed E-state index contributed by atoms with van der Waals surface area (Å²) >= 11 is 0. The summed E-state index contributed by atoms with van der Waals surface area (Å²) in [7, 11) is 0. The number of hydrogen-bond acceptors (Lipinski definition) is 2. The average Bonchev–Trinajstić information content (AvgIpc) is 2.68. The molecule has 1 aliphatic carbocycles. The Labute approximate surface area is 98.1 Å². The Balaban J connectivity index is 2.38. The lowest BCUT2D eigenvalue weighted by atomic mass is 9.86. The van der Waals surface area contributed by atoms with Crippen molar-refractivity contribution in [2.24, 2.45) is 11.1 Å². The number of aromatic nitrogens is 2. The van der Waals surface area contributed by atoms with Gasteiger partial charge in [0.05, 0.1) is 17.6 Å². The fraction of sp³-hybridized carbons (Fsp3) is 0.769. The molecule has 0 amide bonds. The van der Waals surface area contributed by atoms with E-state index in [2.05, 4.69) is 23.4 Å². The van der Waals surface area contributed by atoms with E-state index in [-0.39, 0.29) is 5.54 Å². The molecular weight excluding hydrogens is 198 g/mol. The molecule has 0 saturated heterocycles. The second-order valence-electron chi connectivity index (χ2n) is 6.30. The molecule has 3 nitrogen and oxygen atoms in total. The number of imidazole rings is 1. The van der Waals surface area contributed by atoms with Crippen molar-refractivity contribution in [1.82, 2.24) is 9.55 Å². The largest absolute Gasteiger partial charge is 0.329 e. The Morgan fingerprint density at radius 1 is 1.50 bits per heavy atom. The number of hydrogen-bond donors (Lipinski definition) is 1. The monoisotopic (exact) mass is 221 g/mol.